The Kier molecular flexibility index (Phi) is 7.63. The molecule has 2 rings (SSSR count). The molecule has 2 aromatic rings. The molecule has 0 saturated heterocycles. The van der Waals surface area contributed by atoms with Crippen LogP contribution in [0.1, 0.15) is 36.7 Å². The number of carbonyl (C=O) groups is 2. The summed E-state index contributed by atoms with van der Waals surface area (Å²) in [6.07, 6.45) is 3.15. The highest BCUT2D eigenvalue weighted by Gasteiger charge is 2.08. The predicted molar refractivity (Wildman–Crippen MR) is 111 cm³/mol. The molecule has 0 bridgehead atoms. The number of rotatable bonds is 8. The highest BCUT2D eigenvalue weighted by molar-refractivity contribution is 6.03. The lowest BCUT2D eigenvalue weighted by atomic mass is 10.1. The van der Waals surface area contributed by atoms with Crippen LogP contribution in [-0.4, -0.2) is 31.6 Å². The number of hydrogen-bond donors (Lipinski definition) is 2. The van der Waals surface area contributed by atoms with E-state index in [1.807, 2.05) is 32.9 Å². The number of carbonyl (C=O) groups excluding carboxylic acids is 2. The summed E-state index contributed by atoms with van der Waals surface area (Å²) in [6.45, 7) is 6.28. The van der Waals surface area contributed by atoms with Gasteiger partial charge in [-0.25, -0.2) is 0 Å². The van der Waals surface area contributed by atoms with Gasteiger partial charge in [0, 0.05) is 23.9 Å². The van der Waals surface area contributed by atoms with Crippen LogP contribution >= 0.6 is 0 Å². The van der Waals surface area contributed by atoms with Gasteiger partial charge >= 0.3 is 0 Å². The number of methoxy groups -OCH3 is 1. The first kappa shape index (κ1) is 21.0. The number of anilines is 1. The molecule has 2 N–H and O–H groups in total. The van der Waals surface area contributed by atoms with Crippen molar-refractivity contribution in [3.8, 4) is 11.5 Å². The molecule has 0 aliphatic carbocycles. The molecule has 0 unspecified atom stereocenters. The van der Waals surface area contributed by atoms with Crippen molar-refractivity contribution in [3.63, 3.8) is 0 Å². The fourth-order valence-corrected chi connectivity index (χ4v) is 2.50. The summed E-state index contributed by atoms with van der Waals surface area (Å²) in [5.74, 6) is 0.784. The fourth-order valence-electron chi connectivity index (χ4n) is 2.50. The molecule has 0 aliphatic rings. The molecule has 6 heteroatoms. The van der Waals surface area contributed by atoms with E-state index in [2.05, 4.69) is 10.6 Å². The van der Waals surface area contributed by atoms with Crippen molar-refractivity contribution in [2.75, 3.05) is 19.0 Å². The van der Waals surface area contributed by atoms with E-state index >= 15 is 0 Å². The van der Waals surface area contributed by atoms with Crippen molar-refractivity contribution < 1.29 is 19.1 Å². The van der Waals surface area contributed by atoms with E-state index < -0.39 is 0 Å². The van der Waals surface area contributed by atoms with Crippen molar-refractivity contribution in [3.05, 3.63) is 59.7 Å². The Morgan fingerprint density at radius 3 is 2.57 bits per heavy atom. The minimum Gasteiger partial charge on any atom is -0.493 e. The van der Waals surface area contributed by atoms with Crippen LogP contribution in [0.25, 0.3) is 6.08 Å². The summed E-state index contributed by atoms with van der Waals surface area (Å²) in [4.78, 5) is 24.1. The van der Waals surface area contributed by atoms with Gasteiger partial charge < -0.3 is 20.1 Å². The van der Waals surface area contributed by atoms with Crippen molar-refractivity contribution in [1.82, 2.24) is 5.32 Å². The fraction of sp³-hybridized carbons (Fsp3) is 0.273. The Morgan fingerprint density at radius 2 is 1.89 bits per heavy atom. The van der Waals surface area contributed by atoms with Gasteiger partial charge in [-0.2, -0.15) is 0 Å². The molecule has 0 saturated carbocycles. The van der Waals surface area contributed by atoms with Gasteiger partial charge in [-0.1, -0.05) is 12.1 Å². The van der Waals surface area contributed by atoms with Crippen LogP contribution < -0.4 is 20.1 Å². The molecular formula is C22H26N2O4. The molecule has 0 atom stereocenters. The molecule has 0 heterocycles. The predicted octanol–water partition coefficient (Wildman–Crippen LogP) is 3.88. The van der Waals surface area contributed by atoms with Crippen LogP contribution in [0.3, 0.4) is 0 Å². The van der Waals surface area contributed by atoms with Crippen LogP contribution in [0.2, 0.25) is 0 Å². The van der Waals surface area contributed by atoms with Gasteiger partial charge in [0.2, 0.25) is 5.91 Å². The molecule has 0 spiro atoms. The van der Waals surface area contributed by atoms with Crippen LogP contribution in [0.15, 0.2) is 48.5 Å². The Morgan fingerprint density at radius 1 is 1.11 bits per heavy atom. The lowest BCUT2D eigenvalue weighted by Crippen LogP contribution is -2.22. The molecule has 0 aromatic heterocycles. The number of benzene rings is 2. The molecule has 2 aromatic carbocycles. The smallest absolute Gasteiger partial charge is 0.251 e. The Balaban J connectivity index is 2.06. The standard InChI is InChI=1S/C22H26N2O4/c1-5-23-22(26)17-7-6-8-18(14-17)24-21(25)12-10-16-9-11-19(28-15(2)3)20(13-16)27-4/h6-15H,5H2,1-4H3,(H,23,26)(H,24,25)/b12-10+. The third kappa shape index (κ3) is 6.16. The van der Waals surface area contributed by atoms with Gasteiger partial charge in [0.1, 0.15) is 0 Å². The molecule has 6 nitrogen and oxygen atoms in total. The number of nitrogens with one attached hydrogen (secondary N) is 2. The number of amides is 2. The first-order valence-electron chi connectivity index (χ1n) is 9.15. The topological polar surface area (TPSA) is 76.7 Å². The summed E-state index contributed by atoms with van der Waals surface area (Å²) in [5, 5.41) is 5.48. The van der Waals surface area contributed by atoms with Gasteiger partial charge in [0.25, 0.3) is 5.91 Å². The average Bonchev–Trinajstić information content (AvgIpc) is 2.67. The lowest BCUT2D eigenvalue weighted by molar-refractivity contribution is -0.111. The third-order valence-corrected chi connectivity index (χ3v) is 3.71. The summed E-state index contributed by atoms with van der Waals surface area (Å²) in [5.41, 5.74) is 1.85. The lowest BCUT2D eigenvalue weighted by Gasteiger charge is -2.13. The summed E-state index contributed by atoms with van der Waals surface area (Å²) < 4.78 is 11.0. The van der Waals surface area contributed by atoms with E-state index in [1.165, 1.54) is 6.08 Å². The van der Waals surface area contributed by atoms with E-state index in [9.17, 15) is 9.59 Å². The zero-order valence-corrected chi connectivity index (χ0v) is 16.6. The maximum absolute atomic E-state index is 12.2. The molecular weight excluding hydrogens is 356 g/mol. The van der Waals surface area contributed by atoms with Gasteiger partial charge in [-0.3, -0.25) is 9.59 Å². The summed E-state index contributed by atoms with van der Waals surface area (Å²) in [6, 6.07) is 12.3. The zero-order chi connectivity index (χ0) is 20.5. The Bertz CT molecular complexity index is 859. The molecule has 0 fully saturated rings. The molecule has 148 valence electrons. The van der Waals surface area contributed by atoms with Crippen molar-refractivity contribution in [1.29, 1.82) is 0 Å². The minimum atomic E-state index is -0.297. The number of hydrogen-bond acceptors (Lipinski definition) is 4. The van der Waals surface area contributed by atoms with Crippen LogP contribution in [0, 0.1) is 0 Å². The van der Waals surface area contributed by atoms with Gasteiger partial charge in [-0.05, 0) is 62.7 Å². The summed E-state index contributed by atoms with van der Waals surface area (Å²) in [7, 11) is 1.57. The van der Waals surface area contributed by atoms with E-state index in [0.717, 1.165) is 5.56 Å². The van der Waals surface area contributed by atoms with Gasteiger partial charge in [0.05, 0.1) is 13.2 Å². The maximum atomic E-state index is 12.2. The normalized spacial score (nSPS) is 10.8. The summed E-state index contributed by atoms with van der Waals surface area (Å²) >= 11 is 0. The van der Waals surface area contributed by atoms with Crippen molar-refractivity contribution in [2.45, 2.75) is 26.9 Å². The largest absolute Gasteiger partial charge is 0.493 e. The SMILES string of the molecule is CCNC(=O)c1cccc(NC(=O)/C=C/c2ccc(OC(C)C)c(OC)c2)c1. The van der Waals surface area contributed by atoms with Crippen LogP contribution in [0.5, 0.6) is 11.5 Å². The highest BCUT2D eigenvalue weighted by atomic mass is 16.5. The zero-order valence-electron chi connectivity index (χ0n) is 16.6. The quantitative estimate of drug-likeness (QED) is 0.679. The Labute approximate surface area is 165 Å². The molecule has 0 aliphatic heterocycles. The van der Waals surface area contributed by atoms with E-state index in [1.54, 1.807) is 43.5 Å². The maximum Gasteiger partial charge on any atom is 0.251 e. The second-order valence-corrected chi connectivity index (χ2v) is 6.34. The van der Waals surface area contributed by atoms with Crippen LogP contribution in [-0.2, 0) is 4.79 Å². The molecule has 0 radical (unpaired) electrons. The third-order valence-electron chi connectivity index (χ3n) is 3.71. The first-order valence-corrected chi connectivity index (χ1v) is 9.15. The van der Waals surface area contributed by atoms with Crippen molar-refractivity contribution in [2.24, 2.45) is 0 Å². The number of ether oxygens (including phenoxy) is 2. The van der Waals surface area contributed by atoms with Crippen LogP contribution in [0.4, 0.5) is 5.69 Å². The highest BCUT2D eigenvalue weighted by Crippen LogP contribution is 2.29. The molecule has 2 amide bonds. The van der Waals surface area contributed by atoms with Crippen molar-refractivity contribution >= 4 is 23.6 Å². The van der Waals surface area contributed by atoms with Gasteiger partial charge in [-0.15, -0.1) is 0 Å². The van der Waals surface area contributed by atoms with E-state index in [4.69, 9.17) is 9.47 Å². The molecule has 28 heavy (non-hydrogen) atoms. The second-order valence-electron chi connectivity index (χ2n) is 6.34. The average molecular weight is 382 g/mol. The second kappa shape index (κ2) is 10.2. The van der Waals surface area contributed by atoms with Gasteiger partial charge in [0.15, 0.2) is 11.5 Å². The first-order chi connectivity index (χ1) is 13.4. The van der Waals surface area contributed by atoms with E-state index in [-0.39, 0.29) is 17.9 Å². The minimum absolute atomic E-state index is 0.0382. The monoisotopic (exact) mass is 382 g/mol. The van der Waals surface area contributed by atoms with E-state index in [0.29, 0.717) is 29.3 Å². The Hall–Kier alpha value is -3.28.